The molecule has 1 aromatic heterocycles. The van der Waals surface area contributed by atoms with E-state index in [1.807, 2.05) is 24.3 Å². The highest BCUT2D eigenvalue weighted by atomic mass is 19.1. The summed E-state index contributed by atoms with van der Waals surface area (Å²) in [5, 5.41) is 7.70. The fourth-order valence-electron chi connectivity index (χ4n) is 2.40. The van der Waals surface area contributed by atoms with E-state index in [2.05, 4.69) is 16.1 Å². The van der Waals surface area contributed by atoms with E-state index in [4.69, 9.17) is 6.42 Å². The molecular weight excluding hydrogens is 293 g/mol. The number of H-pyrrole nitrogens is 1. The Kier molecular flexibility index (Phi) is 4.07. The van der Waals surface area contributed by atoms with Crippen molar-refractivity contribution >= 4 is 16.8 Å². The molecule has 0 bridgehead atoms. The standard InChI is InChI=1S/C18H14FN3O/c1-2-11-22(12-13-7-9-14(19)10-8-13)18(23)17-15-5-3-4-6-16(15)20-21-17/h1,3-10H,11-12H2,(H,20,21). The molecule has 0 aliphatic rings. The molecule has 1 amide bonds. The summed E-state index contributed by atoms with van der Waals surface area (Å²) in [7, 11) is 0. The molecule has 0 saturated heterocycles. The van der Waals surface area contributed by atoms with Crippen LogP contribution in [0.3, 0.4) is 0 Å². The van der Waals surface area contributed by atoms with Gasteiger partial charge in [0.15, 0.2) is 5.69 Å². The van der Waals surface area contributed by atoms with Gasteiger partial charge in [0.05, 0.1) is 12.1 Å². The van der Waals surface area contributed by atoms with E-state index in [0.717, 1.165) is 16.5 Å². The largest absolute Gasteiger partial charge is 0.322 e. The molecule has 4 nitrogen and oxygen atoms in total. The normalized spacial score (nSPS) is 10.4. The Morgan fingerprint density at radius 2 is 1.96 bits per heavy atom. The van der Waals surface area contributed by atoms with Crippen molar-refractivity contribution in [2.75, 3.05) is 6.54 Å². The second-order valence-corrected chi connectivity index (χ2v) is 5.11. The van der Waals surface area contributed by atoms with E-state index in [-0.39, 0.29) is 18.3 Å². The average molecular weight is 307 g/mol. The van der Waals surface area contributed by atoms with Crippen LogP contribution in [0.2, 0.25) is 0 Å². The number of halogens is 1. The van der Waals surface area contributed by atoms with E-state index in [9.17, 15) is 9.18 Å². The first-order valence-electron chi connectivity index (χ1n) is 7.09. The molecule has 2 aromatic carbocycles. The van der Waals surface area contributed by atoms with Crippen molar-refractivity contribution in [3.05, 3.63) is 65.6 Å². The molecule has 23 heavy (non-hydrogen) atoms. The zero-order valence-corrected chi connectivity index (χ0v) is 12.3. The van der Waals surface area contributed by atoms with Crippen LogP contribution in [-0.4, -0.2) is 27.5 Å². The summed E-state index contributed by atoms with van der Waals surface area (Å²) >= 11 is 0. The van der Waals surface area contributed by atoms with Crippen LogP contribution in [0, 0.1) is 18.2 Å². The van der Waals surface area contributed by atoms with Gasteiger partial charge in [-0.3, -0.25) is 9.89 Å². The number of para-hydroxylation sites is 1. The minimum Gasteiger partial charge on any atom is -0.322 e. The lowest BCUT2D eigenvalue weighted by molar-refractivity contribution is 0.0761. The summed E-state index contributed by atoms with van der Waals surface area (Å²) in [5.41, 5.74) is 1.92. The molecule has 0 spiro atoms. The van der Waals surface area contributed by atoms with E-state index in [1.54, 1.807) is 12.1 Å². The molecule has 114 valence electrons. The minimum absolute atomic E-state index is 0.150. The van der Waals surface area contributed by atoms with Crippen LogP contribution in [0.5, 0.6) is 0 Å². The van der Waals surface area contributed by atoms with E-state index < -0.39 is 0 Å². The van der Waals surface area contributed by atoms with E-state index in [0.29, 0.717) is 12.2 Å². The second kappa shape index (κ2) is 6.32. The van der Waals surface area contributed by atoms with Gasteiger partial charge in [0.1, 0.15) is 5.82 Å². The number of amides is 1. The van der Waals surface area contributed by atoms with Crippen molar-refractivity contribution in [3.63, 3.8) is 0 Å². The minimum atomic E-state index is -0.318. The third kappa shape index (κ3) is 3.06. The number of fused-ring (bicyclic) bond motifs is 1. The van der Waals surface area contributed by atoms with Crippen molar-refractivity contribution < 1.29 is 9.18 Å². The molecule has 1 N–H and O–H groups in total. The first-order chi connectivity index (χ1) is 11.2. The predicted octanol–water partition coefficient (Wildman–Crippen LogP) is 2.98. The van der Waals surface area contributed by atoms with Crippen LogP contribution in [0.4, 0.5) is 4.39 Å². The SMILES string of the molecule is C#CCN(Cc1ccc(F)cc1)C(=O)c1n[nH]c2ccccc12. The monoisotopic (exact) mass is 307 g/mol. The first-order valence-corrected chi connectivity index (χ1v) is 7.09. The summed E-state index contributed by atoms with van der Waals surface area (Å²) in [6, 6.07) is 13.4. The van der Waals surface area contributed by atoms with Crippen LogP contribution < -0.4 is 0 Å². The lowest BCUT2D eigenvalue weighted by atomic mass is 10.1. The number of aromatic amines is 1. The molecule has 3 aromatic rings. The number of terminal acetylenes is 1. The highest BCUT2D eigenvalue weighted by Crippen LogP contribution is 2.18. The van der Waals surface area contributed by atoms with E-state index in [1.165, 1.54) is 17.0 Å². The third-order valence-electron chi connectivity index (χ3n) is 3.53. The van der Waals surface area contributed by atoms with Gasteiger partial charge >= 0.3 is 0 Å². The Morgan fingerprint density at radius 1 is 1.22 bits per heavy atom. The van der Waals surface area contributed by atoms with Gasteiger partial charge in [-0.15, -0.1) is 6.42 Å². The number of hydrogen-bond acceptors (Lipinski definition) is 2. The highest BCUT2D eigenvalue weighted by molar-refractivity contribution is 6.04. The molecule has 1 heterocycles. The zero-order chi connectivity index (χ0) is 16.2. The Hall–Kier alpha value is -3.13. The molecule has 0 radical (unpaired) electrons. The van der Waals surface area contributed by atoms with Crippen LogP contribution in [0.15, 0.2) is 48.5 Å². The summed E-state index contributed by atoms with van der Waals surface area (Å²) < 4.78 is 13.0. The number of carbonyl (C=O) groups excluding carboxylic acids is 1. The predicted molar refractivity (Wildman–Crippen MR) is 86.1 cm³/mol. The molecule has 5 heteroatoms. The molecule has 0 aliphatic carbocycles. The van der Waals surface area contributed by atoms with Crippen LogP contribution in [-0.2, 0) is 6.54 Å². The van der Waals surface area contributed by atoms with Gasteiger partial charge in [0.25, 0.3) is 5.91 Å². The van der Waals surface area contributed by atoms with Gasteiger partial charge in [-0.25, -0.2) is 4.39 Å². The van der Waals surface area contributed by atoms with Crippen LogP contribution in [0.25, 0.3) is 10.9 Å². The number of aromatic nitrogens is 2. The van der Waals surface area contributed by atoms with Crippen LogP contribution in [0.1, 0.15) is 16.1 Å². The Bertz CT molecular complexity index is 877. The Morgan fingerprint density at radius 3 is 2.70 bits per heavy atom. The molecule has 0 aliphatic heterocycles. The lowest BCUT2D eigenvalue weighted by Gasteiger charge is -2.19. The van der Waals surface area contributed by atoms with E-state index >= 15 is 0 Å². The quantitative estimate of drug-likeness (QED) is 0.753. The van der Waals surface area contributed by atoms with Crippen molar-refractivity contribution in [3.8, 4) is 12.3 Å². The van der Waals surface area contributed by atoms with Crippen molar-refractivity contribution in [1.29, 1.82) is 0 Å². The molecule has 0 atom stereocenters. The van der Waals surface area contributed by atoms with Gasteiger partial charge in [-0.1, -0.05) is 36.3 Å². The summed E-state index contributed by atoms with van der Waals surface area (Å²) in [6.07, 6.45) is 5.38. The smallest absolute Gasteiger partial charge is 0.276 e. The Balaban J connectivity index is 1.89. The maximum atomic E-state index is 13.0. The molecule has 0 unspecified atom stereocenters. The van der Waals surface area contributed by atoms with Crippen molar-refractivity contribution in [1.82, 2.24) is 15.1 Å². The van der Waals surface area contributed by atoms with Gasteiger partial charge in [0, 0.05) is 11.9 Å². The van der Waals surface area contributed by atoms with Crippen molar-refractivity contribution in [2.24, 2.45) is 0 Å². The van der Waals surface area contributed by atoms with Gasteiger partial charge < -0.3 is 4.90 Å². The molecular formula is C18H14FN3O. The maximum absolute atomic E-state index is 13.0. The number of carbonyl (C=O) groups is 1. The first kappa shape index (κ1) is 14.8. The number of rotatable bonds is 4. The number of nitrogens with zero attached hydrogens (tertiary/aromatic N) is 2. The number of hydrogen-bond donors (Lipinski definition) is 1. The second-order valence-electron chi connectivity index (χ2n) is 5.11. The Labute approximate surface area is 132 Å². The average Bonchev–Trinajstić information content (AvgIpc) is 3.00. The highest BCUT2D eigenvalue weighted by Gasteiger charge is 2.20. The topological polar surface area (TPSA) is 49.0 Å². The molecule has 0 fully saturated rings. The molecule has 0 saturated carbocycles. The fraction of sp³-hybridized carbons (Fsp3) is 0.111. The molecule has 3 rings (SSSR count). The summed E-state index contributed by atoms with van der Waals surface area (Å²) in [4.78, 5) is 14.3. The van der Waals surface area contributed by atoms with Gasteiger partial charge in [-0.2, -0.15) is 5.10 Å². The van der Waals surface area contributed by atoms with Crippen molar-refractivity contribution in [2.45, 2.75) is 6.54 Å². The number of benzene rings is 2. The summed E-state index contributed by atoms with van der Waals surface area (Å²) in [5.74, 6) is 1.91. The third-order valence-corrected chi connectivity index (χ3v) is 3.53. The fourth-order valence-corrected chi connectivity index (χ4v) is 2.40. The summed E-state index contributed by atoms with van der Waals surface area (Å²) in [6.45, 7) is 0.446. The van der Waals surface area contributed by atoms with Gasteiger partial charge in [0.2, 0.25) is 0 Å². The lowest BCUT2D eigenvalue weighted by Crippen LogP contribution is -2.31. The number of nitrogens with one attached hydrogen (secondary N) is 1. The zero-order valence-electron chi connectivity index (χ0n) is 12.3. The maximum Gasteiger partial charge on any atom is 0.276 e. The van der Waals surface area contributed by atoms with Crippen LogP contribution >= 0.6 is 0 Å². The van der Waals surface area contributed by atoms with Gasteiger partial charge in [-0.05, 0) is 23.8 Å².